The Morgan fingerprint density at radius 1 is 1.24 bits per heavy atom. The molecular weight excluding hydrogens is 483 g/mol. The lowest BCUT2D eigenvalue weighted by Gasteiger charge is -2.40. The molecule has 1 aromatic heterocycles. The summed E-state index contributed by atoms with van der Waals surface area (Å²) < 4.78 is 11.2. The zero-order valence-corrected chi connectivity index (χ0v) is 20.7. The van der Waals surface area contributed by atoms with Crippen LogP contribution in [0.15, 0.2) is 21.7 Å². The van der Waals surface area contributed by atoms with Crippen molar-refractivity contribution < 1.29 is 13.9 Å². The number of ether oxygens (including phenoxy) is 1. The summed E-state index contributed by atoms with van der Waals surface area (Å²) >= 11 is 0. The van der Waals surface area contributed by atoms with Crippen LogP contribution in [0, 0.1) is 18.3 Å². The van der Waals surface area contributed by atoms with Crippen molar-refractivity contribution in [3.63, 3.8) is 0 Å². The zero-order valence-electron chi connectivity index (χ0n) is 18.3. The summed E-state index contributed by atoms with van der Waals surface area (Å²) in [4.78, 5) is 16.3. The van der Waals surface area contributed by atoms with E-state index in [1.54, 1.807) is 13.1 Å². The highest BCUT2D eigenvalue weighted by Crippen LogP contribution is 2.33. The van der Waals surface area contributed by atoms with Crippen molar-refractivity contribution in [2.24, 2.45) is 16.3 Å². The Labute approximate surface area is 191 Å². The van der Waals surface area contributed by atoms with Crippen LogP contribution in [0.1, 0.15) is 56.2 Å². The van der Waals surface area contributed by atoms with Gasteiger partial charge in [0.05, 0.1) is 12.4 Å². The predicted octanol–water partition coefficient (Wildman–Crippen LogP) is 3.33. The summed E-state index contributed by atoms with van der Waals surface area (Å²) in [6.45, 7) is 11.6. The Bertz CT molecular complexity index is 655. The summed E-state index contributed by atoms with van der Waals surface area (Å²) in [6, 6.07) is 1.79. The molecule has 1 aliphatic heterocycles. The molecule has 7 nitrogen and oxygen atoms in total. The number of carbonyl (C=O) groups excluding carboxylic acids is 1. The fourth-order valence-corrected chi connectivity index (χ4v) is 3.64. The maximum Gasteiger partial charge on any atom is 0.287 e. The van der Waals surface area contributed by atoms with Gasteiger partial charge in [-0.1, -0.05) is 20.8 Å². The van der Waals surface area contributed by atoms with Gasteiger partial charge >= 0.3 is 0 Å². The highest BCUT2D eigenvalue weighted by Gasteiger charge is 2.35. The van der Waals surface area contributed by atoms with E-state index in [0.717, 1.165) is 44.1 Å². The zero-order chi connectivity index (χ0) is 20.6. The van der Waals surface area contributed by atoms with Crippen molar-refractivity contribution >= 4 is 35.8 Å². The Morgan fingerprint density at radius 2 is 1.97 bits per heavy atom. The van der Waals surface area contributed by atoms with Crippen LogP contribution in [0.2, 0.25) is 0 Å². The van der Waals surface area contributed by atoms with E-state index in [9.17, 15) is 4.79 Å². The molecule has 0 bridgehead atoms. The molecule has 2 unspecified atom stereocenters. The number of rotatable bonds is 7. The van der Waals surface area contributed by atoms with Crippen molar-refractivity contribution in [2.75, 3.05) is 33.3 Å². The van der Waals surface area contributed by atoms with Crippen LogP contribution >= 0.6 is 24.0 Å². The number of aliphatic imine (C=N–C) groups is 1. The summed E-state index contributed by atoms with van der Waals surface area (Å²) in [5.41, 5.74) is 0.981. The van der Waals surface area contributed by atoms with E-state index < -0.39 is 0 Å². The van der Waals surface area contributed by atoms with Crippen LogP contribution in [0.5, 0.6) is 0 Å². The number of halogens is 1. The van der Waals surface area contributed by atoms with Gasteiger partial charge in [0.15, 0.2) is 11.7 Å². The first-order valence-electron chi connectivity index (χ1n) is 10.2. The van der Waals surface area contributed by atoms with Gasteiger partial charge in [-0.3, -0.25) is 9.79 Å². The van der Waals surface area contributed by atoms with E-state index in [0.29, 0.717) is 18.2 Å². The molecule has 2 heterocycles. The number of hydrogen-bond acceptors (Lipinski definition) is 4. The second-order valence-electron chi connectivity index (χ2n) is 8.48. The van der Waals surface area contributed by atoms with E-state index in [1.807, 2.05) is 6.92 Å². The third-order valence-electron chi connectivity index (χ3n) is 5.05. The van der Waals surface area contributed by atoms with Gasteiger partial charge in [-0.05, 0) is 37.7 Å². The molecule has 0 saturated carbocycles. The van der Waals surface area contributed by atoms with Gasteiger partial charge in [0.1, 0.15) is 0 Å². The number of nitrogens with zero attached hydrogens (tertiary/aromatic N) is 1. The summed E-state index contributed by atoms with van der Waals surface area (Å²) in [5.74, 6) is 1.47. The van der Waals surface area contributed by atoms with Gasteiger partial charge in [0.2, 0.25) is 0 Å². The minimum Gasteiger partial charge on any atom is -0.459 e. The number of aryl methyl sites for hydroxylation is 1. The molecule has 1 saturated heterocycles. The Morgan fingerprint density at radius 3 is 2.59 bits per heavy atom. The second kappa shape index (κ2) is 12.4. The van der Waals surface area contributed by atoms with Crippen LogP contribution in [-0.2, 0) is 4.74 Å². The molecule has 0 aliphatic carbocycles. The number of nitrogens with one attached hydrogen (secondary N) is 3. The maximum atomic E-state index is 12.0. The highest BCUT2D eigenvalue weighted by atomic mass is 127. The largest absolute Gasteiger partial charge is 0.459 e. The maximum absolute atomic E-state index is 12.0. The van der Waals surface area contributed by atoms with Crippen molar-refractivity contribution in [3.05, 3.63) is 23.7 Å². The molecule has 1 amide bonds. The molecule has 1 aromatic rings. The molecule has 2 rings (SSSR count). The lowest BCUT2D eigenvalue weighted by atomic mass is 9.78. The Balaban J connectivity index is 0.00000420. The molecule has 0 spiro atoms. The third-order valence-corrected chi connectivity index (χ3v) is 5.05. The fourth-order valence-electron chi connectivity index (χ4n) is 3.64. The smallest absolute Gasteiger partial charge is 0.287 e. The van der Waals surface area contributed by atoms with Crippen molar-refractivity contribution in [3.8, 4) is 0 Å². The quantitative estimate of drug-likeness (QED) is 0.222. The number of furan rings is 1. The SMILES string of the molecule is CN=C(NCCCNC(=O)c1occc1C)NCC1CCCOC1C(C)(C)C.I. The summed E-state index contributed by atoms with van der Waals surface area (Å²) in [6.07, 6.45) is 4.86. The predicted molar refractivity (Wildman–Crippen MR) is 127 cm³/mol. The molecule has 0 aromatic carbocycles. The first-order chi connectivity index (χ1) is 13.3. The minimum absolute atomic E-state index is 0. The van der Waals surface area contributed by atoms with Gasteiger partial charge in [0.25, 0.3) is 5.91 Å². The van der Waals surface area contributed by atoms with Crippen LogP contribution in [0.3, 0.4) is 0 Å². The average molecular weight is 520 g/mol. The molecule has 8 heteroatoms. The van der Waals surface area contributed by atoms with E-state index >= 15 is 0 Å². The lowest BCUT2D eigenvalue weighted by Crippen LogP contribution is -2.47. The number of guanidine groups is 1. The van der Waals surface area contributed by atoms with Crippen molar-refractivity contribution in [1.82, 2.24) is 16.0 Å². The van der Waals surface area contributed by atoms with Gasteiger partial charge in [-0.15, -0.1) is 24.0 Å². The molecular formula is C21H37IN4O3. The van der Waals surface area contributed by atoms with Crippen LogP contribution < -0.4 is 16.0 Å². The average Bonchev–Trinajstić information content (AvgIpc) is 3.09. The number of carbonyl (C=O) groups is 1. The standard InChI is InChI=1S/C21H36N4O3.HI/c1-15-9-13-27-17(15)19(26)23-10-7-11-24-20(22-5)25-14-16-8-6-12-28-18(16)21(2,3)4;/h9,13,16,18H,6-8,10-12,14H2,1-5H3,(H,23,26)(H2,22,24,25);1H. The highest BCUT2D eigenvalue weighted by molar-refractivity contribution is 14.0. The Hall–Kier alpha value is -1.29. The van der Waals surface area contributed by atoms with Crippen LogP contribution in [0.4, 0.5) is 0 Å². The molecule has 29 heavy (non-hydrogen) atoms. The number of amides is 1. The summed E-state index contributed by atoms with van der Waals surface area (Å²) in [5, 5.41) is 9.61. The Kier molecular flexibility index (Phi) is 11.0. The molecule has 3 N–H and O–H groups in total. The van der Waals surface area contributed by atoms with Gasteiger partial charge in [-0.2, -0.15) is 0 Å². The van der Waals surface area contributed by atoms with Gasteiger partial charge in [0, 0.05) is 44.8 Å². The van der Waals surface area contributed by atoms with E-state index in [-0.39, 0.29) is 41.4 Å². The summed E-state index contributed by atoms with van der Waals surface area (Å²) in [7, 11) is 1.77. The first-order valence-corrected chi connectivity index (χ1v) is 10.2. The topological polar surface area (TPSA) is 87.9 Å². The fraction of sp³-hybridized carbons (Fsp3) is 0.714. The second-order valence-corrected chi connectivity index (χ2v) is 8.48. The lowest BCUT2D eigenvalue weighted by molar-refractivity contribution is -0.0835. The minimum atomic E-state index is -0.171. The number of hydrogen-bond donors (Lipinski definition) is 3. The first kappa shape index (κ1) is 25.7. The van der Waals surface area contributed by atoms with E-state index in [4.69, 9.17) is 9.15 Å². The molecule has 1 fully saturated rings. The van der Waals surface area contributed by atoms with Crippen molar-refractivity contribution in [2.45, 2.75) is 53.1 Å². The molecule has 2 atom stereocenters. The monoisotopic (exact) mass is 520 g/mol. The van der Waals surface area contributed by atoms with E-state index in [2.05, 4.69) is 41.7 Å². The van der Waals surface area contributed by atoms with Crippen LogP contribution in [-0.4, -0.2) is 51.3 Å². The van der Waals surface area contributed by atoms with Gasteiger partial charge < -0.3 is 25.1 Å². The van der Waals surface area contributed by atoms with Crippen molar-refractivity contribution in [1.29, 1.82) is 0 Å². The third kappa shape index (κ3) is 8.16. The molecule has 1 aliphatic rings. The molecule has 166 valence electrons. The van der Waals surface area contributed by atoms with Gasteiger partial charge in [-0.25, -0.2) is 0 Å². The van der Waals surface area contributed by atoms with Crippen LogP contribution in [0.25, 0.3) is 0 Å². The normalized spacial score (nSPS) is 20.0. The molecule has 0 radical (unpaired) electrons. The van der Waals surface area contributed by atoms with E-state index in [1.165, 1.54) is 12.7 Å².